The number of piperidine rings is 1. The Kier molecular flexibility index (Phi) is 6.99. The van der Waals surface area contributed by atoms with E-state index in [4.69, 9.17) is 0 Å². The minimum Gasteiger partial charge on any atom is -0.372 e. The van der Waals surface area contributed by atoms with Gasteiger partial charge in [-0.1, -0.05) is 17.8 Å². The maximum Gasteiger partial charge on any atom is 0.234 e. The molecule has 160 valence electrons. The first kappa shape index (κ1) is 21.1. The molecule has 0 unspecified atom stereocenters. The number of pyridine rings is 1. The summed E-state index contributed by atoms with van der Waals surface area (Å²) in [5.41, 5.74) is 2.94. The van der Waals surface area contributed by atoms with Gasteiger partial charge in [0.15, 0.2) is 11.0 Å². The summed E-state index contributed by atoms with van der Waals surface area (Å²) in [7, 11) is 0. The van der Waals surface area contributed by atoms with Crippen LogP contribution < -0.4 is 10.2 Å². The van der Waals surface area contributed by atoms with Crippen LogP contribution in [0.3, 0.4) is 0 Å². The molecule has 1 N–H and O–H groups in total. The van der Waals surface area contributed by atoms with Crippen LogP contribution in [0, 0.1) is 0 Å². The van der Waals surface area contributed by atoms with Gasteiger partial charge in [0, 0.05) is 49.0 Å². The Labute approximate surface area is 186 Å². The van der Waals surface area contributed by atoms with Crippen molar-refractivity contribution in [3.05, 3.63) is 61.4 Å². The molecule has 0 atom stereocenters. The monoisotopic (exact) mass is 434 g/mol. The van der Waals surface area contributed by atoms with Crippen molar-refractivity contribution in [3.8, 4) is 11.4 Å². The topological polar surface area (TPSA) is 75.9 Å². The van der Waals surface area contributed by atoms with Crippen LogP contribution in [0.4, 0.5) is 11.4 Å². The first-order chi connectivity index (χ1) is 15.2. The highest BCUT2D eigenvalue weighted by Gasteiger charge is 2.15. The van der Waals surface area contributed by atoms with Crippen LogP contribution in [0.1, 0.15) is 19.3 Å². The van der Waals surface area contributed by atoms with Gasteiger partial charge in [-0.25, -0.2) is 0 Å². The molecule has 1 saturated heterocycles. The van der Waals surface area contributed by atoms with Gasteiger partial charge >= 0.3 is 0 Å². The molecule has 1 fully saturated rings. The fraction of sp³-hybridized carbons (Fsp3) is 0.304. The molecule has 31 heavy (non-hydrogen) atoms. The first-order valence-electron chi connectivity index (χ1n) is 10.5. The van der Waals surface area contributed by atoms with Crippen molar-refractivity contribution in [2.75, 3.05) is 29.1 Å². The third-order valence-electron chi connectivity index (χ3n) is 5.17. The van der Waals surface area contributed by atoms with Crippen LogP contribution >= 0.6 is 11.8 Å². The van der Waals surface area contributed by atoms with Crippen LogP contribution in [0.25, 0.3) is 11.4 Å². The fourth-order valence-corrected chi connectivity index (χ4v) is 4.39. The number of nitrogens with zero attached hydrogens (tertiary/aromatic N) is 5. The Hall–Kier alpha value is -3.13. The third-order valence-corrected chi connectivity index (χ3v) is 6.14. The second kappa shape index (κ2) is 10.3. The maximum absolute atomic E-state index is 12.5. The summed E-state index contributed by atoms with van der Waals surface area (Å²) in [6.07, 6.45) is 9.04. The molecule has 0 radical (unpaired) electrons. The van der Waals surface area contributed by atoms with Gasteiger partial charge in [0.25, 0.3) is 0 Å². The van der Waals surface area contributed by atoms with Gasteiger partial charge in [0.2, 0.25) is 5.91 Å². The molecule has 0 bridgehead atoms. The van der Waals surface area contributed by atoms with E-state index in [1.165, 1.54) is 36.7 Å². The second-order valence-electron chi connectivity index (χ2n) is 7.37. The Morgan fingerprint density at radius 2 is 1.81 bits per heavy atom. The van der Waals surface area contributed by atoms with Crippen molar-refractivity contribution in [1.82, 2.24) is 19.7 Å². The average Bonchev–Trinajstić information content (AvgIpc) is 3.22. The molecule has 2 aromatic heterocycles. The number of rotatable bonds is 8. The summed E-state index contributed by atoms with van der Waals surface area (Å²) in [4.78, 5) is 18.9. The molecular weight excluding hydrogens is 408 g/mol. The van der Waals surface area contributed by atoms with Crippen LogP contribution in [0.5, 0.6) is 0 Å². The van der Waals surface area contributed by atoms with E-state index in [2.05, 4.69) is 44.1 Å². The van der Waals surface area contributed by atoms with E-state index in [1.807, 2.05) is 28.8 Å². The number of carbonyl (C=O) groups is 1. The number of nitrogens with one attached hydrogen (secondary N) is 1. The van der Waals surface area contributed by atoms with Crippen molar-refractivity contribution >= 4 is 29.0 Å². The molecule has 1 amide bonds. The quantitative estimate of drug-likeness (QED) is 0.422. The molecule has 1 aliphatic rings. The summed E-state index contributed by atoms with van der Waals surface area (Å²) in [6.45, 7) is 6.60. The van der Waals surface area contributed by atoms with E-state index in [0.717, 1.165) is 30.2 Å². The van der Waals surface area contributed by atoms with E-state index in [1.54, 1.807) is 18.5 Å². The SMILES string of the molecule is C=CCn1c(SCC(=O)Nc2ccc(N3CCCCC3)cc2)nnc1-c1ccncc1. The van der Waals surface area contributed by atoms with Gasteiger partial charge in [-0.3, -0.25) is 14.3 Å². The molecule has 0 spiro atoms. The zero-order valence-electron chi connectivity index (χ0n) is 17.4. The molecule has 0 saturated carbocycles. The summed E-state index contributed by atoms with van der Waals surface area (Å²) in [5.74, 6) is 0.910. The number of thioether (sulfide) groups is 1. The molecule has 8 heteroatoms. The van der Waals surface area contributed by atoms with Crippen molar-refractivity contribution < 1.29 is 4.79 Å². The molecule has 7 nitrogen and oxygen atoms in total. The van der Waals surface area contributed by atoms with Crippen molar-refractivity contribution in [2.24, 2.45) is 0 Å². The summed E-state index contributed by atoms with van der Waals surface area (Å²) in [5, 5.41) is 12.2. The van der Waals surface area contributed by atoms with E-state index >= 15 is 0 Å². The second-order valence-corrected chi connectivity index (χ2v) is 8.32. The Balaban J connectivity index is 1.36. The Morgan fingerprint density at radius 3 is 2.52 bits per heavy atom. The highest BCUT2D eigenvalue weighted by molar-refractivity contribution is 7.99. The minimum absolute atomic E-state index is 0.0747. The average molecular weight is 435 g/mol. The molecule has 0 aliphatic carbocycles. The van der Waals surface area contributed by atoms with Gasteiger partial charge in [-0.15, -0.1) is 16.8 Å². The molecule has 1 aromatic carbocycles. The lowest BCUT2D eigenvalue weighted by molar-refractivity contribution is -0.113. The number of hydrogen-bond acceptors (Lipinski definition) is 6. The largest absolute Gasteiger partial charge is 0.372 e. The van der Waals surface area contributed by atoms with Gasteiger partial charge in [-0.05, 0) is 55.7 Å². The number of carbonyl (C=O) groups excluding carboxylic acids is 1. The number of amides is 1. The van der Waals surface area contributed by atoms with E-state index in [0.29, 0.717) is 11.7 Å². The number of hydrogen-bond donors (Lipinski definition) is 1. The van der Waals surface area contributed by atoms with Crippen LogP contribution in [-0.2, 0) is 11.3 Å². The smallest absolute Gasteiger partial charge is 0.234 e. The summed E-state index contributed by atoms with van der Waals surface area (Å²) < 4.78 is 1.95. The molecule has 3 aromatic rings. The lowest BCUT2D eigenvalue weighted by Crippen LogP contribution is -2.29. The van der Waals surface area contributed by atoms with Gasteiger partial charge in [0.1, 0.15) is 0 Å². The predicted octanol–water partition coefficient (Wildman–Crippen LogP) is 4.25. The Morgan fingerprint density at radius 1 is 1.06 bits per heavy atom. The predicted molar refractivity (Wildman–Crippen MR) is 125 cm³/mol. The highest BCUT2D eigenvalue weighted by atomic mass is 32.2. The van der Waals surface area contributed by atoms with Crippen molar-refractivity contribution in [1.29, 1.82) is 0 Å². The maximum atomic E-state index is 12.5. The number of anilines is 2. The third kappa shape index (κ3) is 5.32. The van der Waals surface area contributed by atoms with Crippen LogP contribution in [0.15, 0.2) is 66.6 Å². The fourth-order valence-electron chi connectivity index (χ4n) is 3.64. The van der Waals surface area contributed by atoms with E-state index in [-0.39, 0.29) is 11.7 Å². The molecule has 3 heterocycles. The molecule has 1 aliphatic heterocycles. The highest BCUT2D eigenvalue weighted by Crippen LogP contribution is 2.25. The Bertz CT molecular complexity index is 1010. The lowest BCUT2D eigenvalue weighted by atomic mass is 10.1. The van der Waals surface area contributed by atoms with Gasteiger partial charge in [-0.2, -0.15) is 0 Å². The summed E-state index contributed by atoms with van der Waals surface area (Å²) >= 11 is 1.36. The van der Waals surface area contributed by atoms with Gasteiger partial charge in [0.05, 0.1) is 5.75 Å². The molecule has 4 rings (SSSR count). The number of benzene rings is 1. The minimum atomic E-state index is -0.0747. The number of aromatic nitrogens is 4. The van der Waals surface area contributed by atoms with E-state index < -0.39 is 0 Å². The van der Waals surface area contributed by atoms with Crippen molar-refractivity contribution in [3.63, 3.8) is 0 Å². The van der Waals surface area contributed by atoms with E-state index in [9.17, 15) is 4.79 Å². The van der Waals surface area contributed by atoms with Crippen LogP contribution in [-0.4, -0.2) is 44.5 Å². The number of allylic oxidation sites excluding steroid dienone is 1. The lowest BCUT2D eigenvalue weighted by Gasteiger charge is -2.28. The zero-order chi connectivity index (χ0) is 21.5. The molecular formula is C23H26N6OS. The summed E-state index contributed by atoms with van der Waals surface area (Å²) in [6, 6.07) is 11.9. The first-order valence-corrected chi connectivity index (χ1v) is 11.5. The van der Waals surface area contributed by atoms with Crippen molar-refractivity contribution in [2.45, 2.75) is 31.0 Å². The standard InChI is InChI=1S/C23H26N6OS/c1-2-14-29-22(18-10-12-24-13-11-18)26-27-23(29)31-17-21(30)25-19-6-8-20(9-7-19)28-15-4-3-5-16-28/h2,6-13H,1,3-5,14-17H2,(H,25,30). The zero-order valence-corrected chi connectivity index (χ0v) is 18.2. The normalized spacial score (nSPS) is 13.7. The van der Waals surface area contributed by atoms with Gasteiger partial charge < -0.3 is 10.2 Å². The van der Waals surface area contributed by atoms with Crippen LogP contribution in [0.2, 0.25) is 0 Å².